The number of nitrogens with one attached hydrogen (secondary N) is 1. The van der Waals surface area contributed by atoms with Crippen LogP contribution in [-0.2, 0) is 20.6 Å². The quantitative estimate of drug-likeness (QED) is 0.329. The molecule has 3 rings (SSSR count). The van der Waals surface area contributed by atoms with E-state index < -0.39 is 22.5 Å². The van der Waals surface area contributed by atoms with Gasteiger partial charge in [0.15, 0.2) is 0 Å². The lowest BCUT2D eigenvalue weighted by atomic mass is 10.2. The molecule has 0 bridgehead atoms. The second-order valence-electron chi connectivity index (χ2n) is 7.81. The molecule has 0 radical (unpaired) electrons. The monoisotopic (exact) mass is 536 g/mol. The number of anilines is 1. The van der Waals surface area contributed by atoms with Gasteiger partial charge in [0.2, 0.25) is 5.91 Å². The fourth-order valence-corrected chi connectivity index (χ4v) is 5.82. The van der Waals surface area contributed by atoms with Crippen LogP contribution in [0.25, 0.3) is 0 Å². The predicted molar refractivity (Wildman–Crippen MR) is 143 cm³/mol. The molecule has 1 N–H and O–H groups in total. The Morgan fingerprint density at radius 2 is 1.56 bits per heavy atom. The van der Waals surface area contributed by atoms with Crippen LogP contribution in [0, 0.1) is 13.8 Å². The summed E-state index contributed by atoms with van der Waals surface area (Å²) in [7, 11) is -4.06. The second kappa shape index (κ2) is 12.0. The van der Waals surface area contributed by atoms with Gasteiger partial charge in [0.1, 0.15) is 6.54 Å². The first-order valence-corrected chi connectivity index (χ1v) is 14.0. The summed E-state index contributed by atoms with van der Waals surface area (Å²) < 4.78 is 27.9. The van der Waals surface area contributed by atoms with E-state index in [0.29, 0.717) is 17.3 Å². The Balaban J connectivity index is 1.68. The number of hydrogen-bond acceptors (Lipinski definition) is 4. The molecule has 0 saturated heterocycles. The molecule has 0 aliphatic carbocycles. The summed E-state index contributed by atoms with van der Waals surface area (Å²) in [6.07, 6.45) is 0. The molecule has 0 aromatic heterocycles. The molecule has 0 fully saturated rings. The van der Waals surface area contributed by atoms with Crippen LogP contribution in [0.5, 0.6) is 0 Å². The normalized spacial score (nSPS) is 11.3. The first kappa shape index (κ1) is 26.4. The van der Waals surface area contributed by atoms with Gasteiger partial charge in [-0.3, -0.25) is 9.10 Å². The summed E-state index contributed by atoms with van der Waals surface area (Å²) in [6.45, 7) is 3.91. The molecule has 3 aromatic carbocycles. The summed E-state index contributed by atoms with van der Waals surface area (Å²) >= 11 is 14.1. The number of nitrogens with zero attached hydrogens (tertiary/aromatic N) is 1. The van der Waals surface area contributed by atoms with Crippen LogP contribution in [0.2, 0.25) is 10.0 Å². The molecule has 0 aliphatic heterocycles. The lowest BCUT2D eigenvalue weighted by Gasteiger charge is -2.25. The van der Waals surface area contributed by atoms with Gasteiger partial charge in [-0.1, -0.05) is 70.7 Å². The molecule has 3 aromatic rings. The number of carbonyl (C=O) groups is 1. The van der Waals surface area contributed by atoms with E-state index in [1.165, 1.54) is 35.4 Å². The molecule has 1 amide bonds. The maximum Gasteiger partial charge on any atom is 0.264 e. The minimum absolute atomic E-state index is 0.0654. The predicted octanol–water partition coefficient (Wildman–Crippen LogP) is 5.86. The third kappa shape index (κ3) is 7.15. The Kier molecular flexibility index (Phi) is 9.31. The van der Waals surface area contributed by atoms with Crippen LogP contribution in [0.3, 0.4) is 0 Å². The van der Waals surface area contributed by atoms with Crippen molar-refractivity contribution in [3.8, 4) is 0 Å². The fraction of sp³-hybridized carbons (Fsp3) is 0.240. The molecule has 0 saturated carbocycles. The molecular formula is C25H26Cl2N2O3S2. The van der Waals surface area contributed by atoms with Crippen molar-refractivity contribution in [1.29, 1.82) is 0 Å². The van der Waals surface area contributed by atoms with E-state index in [4.69, 9.17) is 23.2 Å². The van der Waals surface area contributed by atoms with Crippen molar-refractivity contribution in [3.05, 3.63) is 93.5 Å². The van der Waals surface area contributed by atoms with Gasteiger partial charge >= 0.3 is 0 Å². The van der Waals surface area contributed by atoms with E-state index in [1.54, 1.807) is 30.0 Å². The van der Waals surface area contributed by atoms with E-state index in [1.807, 2.05) is 13.8 Å². The van der Waals surface area contributed by atoms with Crippen molar-refractivity contribution >= 4 is 56.6 Å². The molecule has 5 nitrogen and oxygen atoms in total. The highest BCUT2D eigenvalue weighted by Crippen LogP contribution is 2.33. The van der Waals surface area contributed by atoms with Crippen molar-refractivity contribution in [1.82, 2.24) is 5.32 Å². The first-order valence-electron chi connectivity index (χ1n) is 10.6. The van der Waals surface area contributed by atoms with Crippen LogP contribution < -0.4 is 9.62 Å². The highest BCUT2D eigenvalue weighted by Gasteiger charge is 2.29. The molecule has 34 heavy (non-hydrogen) atoms. The molecule has 0 atom stereocenters. The van der Waals surface area contributed by atoms with E-state index in [2.05, 4.69) is 29.6 Å². The molecule has 0 aliphatic rings. The minimum Gasteiger partial charge on any atom is -0.354 e. The molecule has 0 unspecified atom stereocenters. The van der Waals surface area contributed by atoms with Gasteiger partial charge in [0.25, 0.3) is 10.0 Å². The number of amides is 1. The lowest BCUT2D eigenvalue weighted by molar-refractivity contribution is -0.119. The number of hydrogen-bond donors (Lipinski definition) is 1. The third-order valence-corrected chi connectivity index (χ3v) is 8.39. The maximum absolute atomic E-state index is 13.4. The zero-order valence-corrected chi connectivity index (χ0v) is 22.1. The van der Waals surface area contributed by atoms with Crippen LogP contribution in [0.15, 0.2) is 71.6 Å². The standard InChI is InChI=1S/C25H26Cl2N2O3S2/c1-18-3-7-20(8-4-18)17-33-14-13-28-25(30)16-29(24-15-21(26)9-12-23(24)27)34(31,32)22-10-5-19(2)6-11-22/h3-12,15H,13-14,16-17H2,1-2H3,(H,28,30). The molecule has 0 spiro atoms. The van der Waals surface area contributed by atoms with Crippen LogP contribution >= 0.6 is 35.0 Å². The number of sulfonamides is 1. The molecular weight excluding hydrogens is 511 g/mol. The summed E-state index contributed by atoms with van der Waals surface area (Å²) in [5.74, 6) is 1.10. The minimum atomic E-state index is -4.06. The summed E-state index contributed by atoms with van der Waals surface area (Å²) in [5, 5.41) is 3.30. The highest BCUT2D eigenvalue weighted by molar-refractivity contribution is 7.98. The average molecular weight is 538 g/mol. The summed E-state index contributed by atoms with van der Waals surface area (Å²) in [5.41, 5.74) is 3.50. The van der Waals surface area contributed by atoms with E-state index in [9.17, 15) is 13.2 Å². The van der Waals surface area contributed by atoms with Crippen molar-refractivity contribution in [2.75, 3.05) is 23.1 Å². The second-order valence-corrected chi connectivity index (χ2v) is 11.6. The number of carbonyl (C=O) groups excluding carboxylic acids is 1. The zero-order chi connectivity index (χ0) is 24.7. The molecule has 0 heterocycles. The van der Waals surface area contributed by atoms with Crippen LogP contribution in [0.1, 0.15) is 16.7 Å². The first-order chi connectivity index (χ1) is 16.2. The van der Waals surface area contributed by atoms with Crippen molar-refractivity contribution in [2.45, 2.75) is 24.5 Å². The van der Waals surface area contributed by atoms with Crippen LogP contribution in [-0.4, -0.2) is 33.2 Å². The number of thioether (sulfide) groups is 1. The van der Waals surface area contributed by atoms with E-state index >= 15 is 0 Å². The van der Waals surface area contributed by atoms with Crippen molar-refractivity contribution in [3.63, 3.8) is 0 Å². The Morgan fingerprint density at radius 1 is 0.941 bits per heavy atom. The Labute approximate surface area is 215 Å². The van der Waals surface area contributed by atoms with Gasteiger partial charge in [-0.25, -0.2) is 8.42 Å². The van der Waals surface area contributed by atoms with E-state index in [-0.39, 0.29) is 15.6 Å². The lowest BCUT2D eigenvalue weighted by Crippen LogP contribution is -2.41. The third-order valence-electron chi connectivity index (χ3n) is 5.03. The number of rotatable bonds is 10. The zero-order valence-electron chi connectivity index (χ0n) is 18.9. The summed E-state index contributed by atoms with van der Waals surface area (Å²) in [6, 6.07) is 19.3. The highest BCUT2D eigenvalue weighted by atomic mass is 35.5. The number of aryl methyl sites for hydroxylation is 2. The van der Waals surface area contributed by atoms with Crippen LogP contribution in [0.4, 0.5) is 5.69 Å². The largest absolute Gasteiger partial charge is 0.354 e. The molecule has 180 valence electrons. The van der Waals surface area contributed by atoms with E-state index in [0.717, 1.165) is 15.6 Å². The maximum atomic E-state index is 13.4. The van der Waals surface area contributed by atoms with Gasteiger partial charge < -0.3 is 5.32 Å². The Bertz CT molecular complexity index is 1230. The van der Waals surface area contributed by atoms with Gasteiger partial charge in [-0.05, 0) is 49.7 Å². The molecule has 9 heteroatoms. The Hall–Kier alpha value is -2.19. The van der Waals surface area contributed by atoms with Gasteiger partial charge in [-0.2, -0.15) is 11.8 Å². The van der Waals surface area contributed by atoms with Gasteiger partial charge in [0, 0.05) is 23.1 Å². The topological polar surface area (TPSA) is 66.5 Å². The number of halogens is 2. The van der Waals surface area contributed by atoms with Crippen molar-refractivity contribution in [2.24, 2.45) is 0 Å². The summed E-state index contributed by atoms with van der Waals surface area (Å²) in [4.78, 5) is 12.8. The fourth-order valence-electron chi connectivity index (χ4n) is 3.14. The smallest absolute Gasteiger partial charge is 0.264 e. The van der Waals surface area contributed by atoms with Gasteiger partial charge in [0.05, 0.1) is 15.6 Å². The number of benzene rings is 3. The Morgan fingerprint density at radius 3 is 2.21 bits per heavy atom. The average Bonchev–Trinajstić information content (AvgIpc) is 2.80. The SMILES string of the molecule is Cc1ccc(CSCCNC(=O)CN(c2cc(Cl)ccc2Cl)S(=O)(=O)c2ccc(C)cc2)cc1. The van der Waals surface area contributed by atoms with Gasteiger partial charge in [-0.15, -0.1) is 0 Å². The van der Waals surface area contributed by atoms with Crippen molar-refractivity contribution < 1.29 is 13.2 Å².